The predicted molar refractivity (Wildman–Crippen MR) is 125 cm³/mol. The van der Waals surface area contributed by atoms with Crippen LogP contribution in [0.1, 0.15) is 11.1 Å². The number of ether oxygens (including phenoxy) is 1. The summed E-state index contributed by atoms with van der Waals surface area (Å²) in [5.41, 5.74) is 4.51. The van der Waals surface area contributed by atoms with Gasteiger partial charge in [-0.05, 0) is 46.5 Å². The average molecular weight is 428 g/mol. The second-order valence-electron chi connectivity index (χ2n) is 7.04. The van der Waals surface area contributed by atoms with E-state index < -0.39 is 5.97 Å². The topological polar surface area (TPSA) is 84.5 Å². The smallest absolute Gasteiger partial charge is 0.325 e. The van der Waals surface area contributed by atoms with Gasteiger partial charge in [-0.25, -0.2) is 0 Å². The highest BCUT2D eigenvalue weighted by molar-refractivity contribution is 6.02. The Labute approximate surface area is 186 Å². The van der Waals surface area contributed by atoms with Gasteiger partial charge in [-0.15, -0.1) is 0 Å². The molecule has 0 aliphatic carbocycles. The van der Waals surface area contributed by atoms with Crippen molar-refractivity contribution in [1.82, 2.24) is 5.32 Å². The van der Waals surface area contributed by atoms with E-state index in [0.717, 1.165) is 22.3 Å². The lowest BCUT2D eigenvalue weighted by atomic mass is 10.0. The fourth-order valence-electron chi connectivity index (χ4n) is 3.01. The van der Waals surface area contributed by atoms with Gasteiger partial charge in [0.05, 0.1) is 13.5 Å². The number of rotatable bonds is 8. The third-order valence-corrected chi connectivity index (χ3v) is 4.66. The molecule has 0 heterocycles. The van der Waals surface area contributed by atoms with Crippen molar-refractivity contribution >= 4 is 29.5 Å². The highest BCUT2D eigenvalue weighted by Gasteiger charge is 2.07. The molecule has 0 bridgehead atoms. The minimum atomic E-state index is -0.503. The Bertz CT molecular complexity index is 1110. The molecule has 0 atom stereocenters. The quantitative estimate of drug-likeness (QED) is 0.422. The zero-order chi connectivity index (χ0) is 22.8. The van der Waals surface area contributed by atoms with Crippen LogP contribution in [-0.2, 0) is 25.5 Å². The fourth-order valence-corrected chi connectivity index (χ4v) is 3.01. The molecule has 0 aromatic heterocycles. The minimum Gasteiger partial charge on any atom is -0.468 e. The number of hydrogen-bond donors (Lipinski definition) is 2. The van der Waals surface area contributed by atoms with Gasteiger partial charge in [0.25, 0.3) is 0 Å². The van der Waals surface area contributed by atoms with Gasteiger partial charge in [0, 0.05) is 11.8 Å². The van der Waals surface area contributed by atoms with E-state index in [4.69, 9.17) is 0 Å². The van der Waals surface area contributed by atoms with Crippen LogP contribution in [0.2, 0.25) is 0 Å². The van der Waals surface area contributed by atoms with Gasteiger partial charge in [-0.3, -0.25) is 14.4 Å². The molecule has 3 aromatic rings. The Kier molecular flexibility index (Phi) is 7.92. The number of anilines is 1. The number of hydrogen-bond acceptors (Lipinski definition) is 4. The standard InChI is InChI=1S/C26H24N2O4/c1-32-26(31)18-27-25(30)17-20-10-13-23(14-11-20)28-24(29)15-12-19-6-5-9-22(16-19)21-7-3-2-4-8-21/h2-16H,17-18H2,1H3,(H,27,30)(H,28,29)/b15-12+. The van der Waals surface area contributed by atoms with Crippen LogP contribution in [0.3, 0.4) is 0 Å². The van der Waals surface area contributed by atoms with E-state index in [1.165, 1.54) is 13.2 Å². The molecular formula is C26H24N2O4. The Morgan fingerprint density at radius 2 is 1.59 bits per heavy atom. The first kappa shape index (κ1) is 22.5. The van der Waals surface area contributed by atoms with Gasteiger partial charge in [0.1, 0.15) is 6.54 Å². The highest BCUT2D eigenvalue weighted by Crippen LogP contribution is 2.20. The Morgan fingerprint density at radius 1 is 0.875 bits per heavy atom. The number of amides is 2. The fraction of sp³-hybridized carbons (Fsp3) is 0.115. The van der Waals surface area contributed by atoms with Crippen molar-refractivity contribution in [1.29, 1.82) is 0 Å². The zero-order valence-electron chi connectivity index (χ0n) is 17.7. The summed E-state index contributed by atoms with van der Waals surface area (Å²) in [4.78, 5) is 35.2. The van der Waals surface area contributed by atoms with Crippen LogP contribution < -0.4 is 10.6 Å². The lowest BCUT2D eigenvalue weighted by molar-refractivity contribution is -0.141. The van der Waals surface area contributed by atoms with Gasteiger partial charge < -0.3 is 15.4 Å². The van der Waals surface area contributed by atoms with Crippen LogP contribution in [0, 0.1) is 0 Å². The molecule has 0 saturated carbocycles. The van der Waals surface area contributed by atoms with Crippen LogP contribution in [0.25, 0.3) is 17.2 Å². The van der Waals surface area contributed by atoms with Gasteiger partial charge >= 0.3 is 5.97 Å². The molecule has 0 spiro atoms. The Morgan fingerprint density at radius 3 is 2.31 bits per heavy atom. The first-order valence-corrected chi connectivity index (χ1v) is 10.1. The second-order valence-corrected chi connectivity index (χ2v) is 7.04. The summed E-state index contributed by atoms with van der Waals surface area (Å²) in [7, 11) is 1.26. The van der Waals surface area contributed by atoms with Gasteiger partial charge in [0.2, 0.25) is 11.8 Å². The lowest BCUT2D eigenvalue weighted by Gasteiger charge is -2.06. The summed E-state index contributed by atoms with van der Waals surface area (Å²) in [6.45, 7) is -0.163. The summed E-state index contributed by atoms with van der Waals surface area (Å²) in [6, 6.07) is 25.0. The number of nitrogens with one attached hydrogen (secondary N) is 2. The molecule has 0 radical (unpaired) electrons. The van der Waals surface area contributed by atoms with E-state index in [-0.39, 0.29) is 24.8 Å². The molecule has 2 amide bonds. The van der Waals surface area contributed by atoms with Gasteiger partial charge in [0.15, 0.2) is 0 Å². The molecule has 0 aliphatic heterocycles. The van der Waals surface area contributed by atoms with Gasteiger partial charge in [-0.2, -0.15) is 0 Å². The number of methoxy groups -OCH3 is 1. The number of esters is 1. The third kappa shape index (κ3) is 6.95. The largest absolute Gasteiger partial charge is 0.468 e. The van der Waals surface area contributed by atoms with Gasteiger partial charge in [-0.1, -0.05) is 60.7 Å². The molecule has 0 fully saturated rings. The van der Waals surface area contributed by atoms with Crippen LogP contribution in [0.15, 0.2) is 84.9 Å². The SMILES string of the molecule is COC(=O)CNC(=O)Cc1ccc(NC(=O)/C=C/c2cccc(-c3ccccc3)c2)cc1. The maximum Gasteiger partial charge on any atom is 0.325 e. The molecule has 2 N–H and O–H groups in total. The average Bonchev–Trinajstić information content (AvgIpc) is 2.83. The summed E-state index contributed by atoms with van der Waals surface area (Å²) < 4.78 is 4.48. The molecule has 162 valence electrons. The Balaban J connectivity index is 1.53. The number of benzene rings is 3. The van der Waals surface area contributed by atoms with E-state index in [0.29, 0.717) is 5.69 Å². The summed E-state index contributed by atoms with van der Waals surface area (Å²) >= 11 is 0. The van der Waals surface area contributed by atoms with Crippen LogP contribution >= 0.6 is 0 Å². The highest BCUT2D eigenvalue weighted by atomic mass is 16.5. The Hall–Kier alpha value is -4.19. The molecule has 0 aliphatic rings. The van der Waals surface area contributed by atoms with Crippen molar-refractivity contribution in [3.05, 3.63) is 96.1 Å². The summed E-state index contributed by atoms with van der Waals surface area (Å²) in [6.07, 6.45) is 3.38. The molecule has 0 unspecified atom stereocenters. The molecule has 3 aromatic carbocycles. The van der Waals surface area contributed by atoms with E-state index >= 15 is 0 Å². The zero-order valence-corrected chi connectivity index (χ0v) is 17.7. The maximum absolute atomic E-state index is 12.3. The number of carbonyl (C=O) groups excluding carboxylic acids is 3. The van der Waals surface area contributed by atoms with E-state index in [1.54, 1.807) is 30.3 Å². The molecule has 32 heavy (non-hydrogen) atoms. The van der Waals surface area contributed by atoms with Crippen LogP contribution in [-0.4, -0.2) is 31.4 Å². The lowest BCUT2D eigenvalue weighted by Crippen LogP contribution is -2.31. The minimum absolute atomic E-state index is 0.128. The molecular weight excluding hydrogens is 404 g/mol. The monoisotopic (exact) mass is 428 g/mol. The van der Waals surface area contributed by atoms with E-state index in [2.05, 4.69) is 15.4 Å². The van der Waals surface area contributed by atoms with Crippen molar-refractivity contribution in [2.24, 2.45) is 0 Å². The van der Waals surface area contributed by atoms with Crippen molar-refractivity contribution in [2.75, 3.05) is 19.0 Å². The van der Waals surface area contributed by atoms with E-state index in [9.17, 15) is 14.4 Å². The van der Waals surface area contributed by atoms with E-state index in [1.807, 2.05) is 54.6 Å². The van der Waals surface area contributed by atoms with Crippen LogP contribution in [0.4, 0.5) is 5.69 Å². The molecule has 6 nitrogen and oxygen atoms in total. The molecule has 3 rings (SSSR count). The first-order valence-electron chi connectivity index (χ1n) is 10.1. The second kappa shape index (κ2) is 11.3. The summed E-state index contributed by atoms with van der Waals surface area (Å²) in [5.74, 6) is -1.04. The predicted octanol–water partition coefficient (Wildman–Crippen LogP) is 3.84. The number of carbonyl (C=O) groups is 3. The van der Waals surface area contributed by atoms with Crippen molar-refractivity contribution in [3.8, 4) is 11.1 Å². The van der Waals surface area contributed by atoms with Crippen molar-refractivity contribution in [3.63, 3.8) is 0 Å². The third-order valence-electron chi connectivity index (χ3n) is 4.66. The first-order chi connectivity index (χ1) is 15.5. The summed E-state index contributed by atoms with van der Waals surface area (Å²) in [5, 5.41) is 5.28. The normalized spacial score (nSPS) is 10.5. The van der Waals surface area contributed by atoms with Crippen molar-refractivity contribution in [2.45, 2.75) is 6.42 Å². The molecule has 6 heteroatoms. The van der Waals surface area contributed by atoms with Crippen LogP contribution in [0.5, 0.6) is 0 Å². The molecule has 0 saturated heterocycles. The van der Waals surface area contributed by atoms with Crippen molar-refractivity contribution < 1.29 is 19.1 Å². The maximum atomic E-state index is 12.3.